The van der Waals surface area contributed by atoms with Crippen molar-refractivity contribution < 1.29 is 14.1 Å². The van der Waals surface area contributed by atoms with Crippen molar-refractivity contribution in [3.63, 3.8) is 0 Å². The Hall–Kier alpha value is -3.72. The fourth-order valence-corrected chi connectivity index (χ4v) is 3.23. The summed E-state index contributed by atoms with van der Waals surface area (Å²) in [6, 6.07) is 17.7. The Morgan fingerprint density at radius 1 is 1.13 bits per heavy atom. The van der Waals surface area contributed by atoms with Crippen LogP contribution in [0.2, 0.25) is 0 Å². The van der Waals surface area contributed by atoms with Gasteiger partial charge in [0.25, 0.3) is 11.4 Å². The van der Waals surface area contributed by atoms with E-state index in [2.05, 4.69) is 31.4 Å². The van der Waals surface area contributed by atoms with E-state index >= 15 is 0 Å². The third-order valence-corrected chi connectivity index (χ3v) is 5.00. The van der Waals surface area contributed by atoms with Crippen LogP contribution in [-0.4, -0.2) is 27.7 Å². The van der Waals surface area contributed by atoms with Gasteiger partial charge in [-0.3, -0.25) is 9.59 Å². The fraction of sp³-hybridized carbons (Fsp3) is 0.0909. The number of nitrogens with zero attached hydrogens (tertiary/aromatic N) is 3. The minimum atomic E-state index is -0.413. The van der Waals surface area contributed by atoms with Crippen LogP contribution in [0.15, 0.2) is 80.7 Å². The number of hydrogen-bond acceptors (Lipinski definition) is 6. The highest BCUT2D eigenvalue weighted by atomic mass is 79.9. The van der Waals surface area contributed by atoms with E-state index < -0.39 is 5.56 Å². The SMILES string of the molecule is COc1ccccc1NC(=O)Cn1cccc(-c2nc(-c3ccc(Br)cc3)no2)c1=O. The summed E-state index contributed by atoms with van der Waals surface area (Å²) in [6.45, 7) is -0.182. The summed E-state index contributed by atoms with van der Waals surface area (Å²) < 4.78 is 12.7. The maximum absolute atomic E-state index is 12.9. The Kier molecular flexibility index (Phi) is 5.94. The van der Waals surface area contributed by atoms with Crippen molar-refractivity contribution in [2.75, 3.05) is 12.4 Å². The van der Waals surface area contributed by atoms with Crippen molar-refractivity contribution in [2.24, 2.45) is 0 Å². The largest absolute Gasteiger partial charge is 0.495 e. The average Bonchev–Trinajstić information content (AvgIpc) is 3.26. The van der Waals surface area contributed by atoms with Crippen molar-refractivity contribution in [1.29, 1.82) is 0 Å². The van der Waals surface area contributed by atoms with E-state index in [0.717, 1.165) is 10.0 Å². The minimum absolute atomic E-state index is 0.0856. The molecule has 8 nitrogen and oxygen atoms in total. The predicted molar refractivity (Wildman–Crippen MR) is 119 cm³/mol. The number of methoxy groups -OCH3 is 1. The molecular weight excluding hydrogens is 464 g/mol. The molecule has 0 unspecified atom stereocenters. The number of carbonyl (C=O) groups is 1. The number of rotatable bonds is 6. The summed E-state index contributed by atoms with van der Waals surface area (Å²) in [6.07, 6.45) is 1.53. The van der Waals surface area contributed by atoms with Crippen LogP contribution in [0.3, 0.4) is 0 Å². The lowest BCUT2D eigenvalue weighted by atomic mass is 10.2. The number of pyridine rings is 1. The number of nitrogens with one attached hydrogen (secondary N) is 1. The summed E-state index contributed by atoms with van der Waals surface area (Å²) in [4.78, 5) is 29.7. The molecule has 0 saturated carbocycles. The van der Waals surface area contributed by atoms with E-state index in [4.69, 9.17) is 9.26 Å². The van der Waals surface area contributed by atoms with Crippen molar-refractivity contribution in [1.82, 2.24) is 14.7 Å². The van der Waals surface area contributed by atoms with Gasteiger partial charge in [0.05, 0.1) is 12.8 Å². The molecule has 0 aliphatic rings. The monoisotopic (exact) mass is 480 g/mol. The molecule has 0 radical (unpaired) electrons. The minimum Gasteiger partial charge on any atom is -0.495 e. The van der Waals surface area contributed by atoms with Gasteiger partial charge >= 0.3 is 0 Å². The second-order valence-electron chi connectivity index (χ2n) is 6.53. The molecule has 0 aliphatic carbocycles. The van der Waals surface area contributed by atoms with Gasteiger partial charge in [-0.2, -0.15) is 4.98 Å². The van der Waals surface area contributed by atoms with E-state index in [1.165, 1.54) is 17.9 Å². The second kappa shape index (κ2) is 8.97. The maximum atomic E-state index is 12.9. The van der Waals surface area contributed by atoms with E-state index in [1.54, 1.807) is 36.4 Å². The van der Waals surface area contributed by atoms with E-state index in [0.29, 0.717) is 17.3 Å². The van der Waals surface area contributed by atoms with Crippen molar-refractivity contribution in [2.45, 2.75) is 6.54 Å². The fourth-order valence-electron chi connectivity index (χ4n) is 2.97. The van der Waals surface area contributed by atoms with Gasteiger partial charge in [-0.25, -0.2) is 0 Å². The Balaban J connectivity index is 1.55. The van der Waals surface area contributed by atoms with E-state index in [9.17, 15) is 9.59 Å². The summed E-state index contributed by atoms with van der Waals surface area (Å²) in [7, 11) is 1.52. The first kappa shape index (κ1) is 20.5. The summed E-state index contributed by atoms with van der Waals surface area (Å²) in [5, 5.41) is 6.70. The molecule has 4 rings (SSSR count). The summed E-state index contributed by atoms with van der Waals surface area (Å²) in [5.41, 5.74) is 1.08. The highest BCUT2D eigenvalue weighted by Crippen LogP contribution is 2.23. The van der Waals surface area contributed by atoms with Crippen LogP contribution in [0.5, 0.6) is 5.75 Å². The molecular formula is C22H17BrN4O4. The number of aromatic nitrogens is 3. The number of amides is 1. The van der Waals surface area contributed by atoms with Crippen LogP contribution >= 0.6 is 15.9 Å². The smallest absolute Gasteiger partial charge is 0.263 e. The van der Waals surface area contributed by atoms with Crippen LogP contribution < -0.4 is 15.6 Å². The Morgan fingerprint density at radius 3 is 2.68 bits per heavy atom. The molecule has 156 valence electrons. The third-order valence-electron chi connectivity index (χ3n) is 4.47. The molecule has 9 heteroatoms. The van der Waals surface area contributed by atoms with Gasteiger partial charge in [0.15, 0.2) is 0 Å². The number of para-hydroxylation sites is 2. The molecule has 1 N–H and O–H groups in total. The molecule has 1 amide bonds. The molecule has 2 heterocycles. The number of halogens is 1. The van der Waals surface area contributed by atoms with Crippen molar-refractivity contribution >= 4 is 27.5 Å². The van der Waals surface area contributed by atoms with Gasteiger partial charge in [0.2, 0.25) is 11.7 Å². The van der Waals surface area contributed by atoms with Crippen LogP contribution in [0.4, 0.5) is 5.69 Å². The first-order valence-corrected chi connectivity index (χ1v) is 10.1. The molecule has 0 aliphatic heterocycles. The normalized spacial score (nSPS) is 10.6. The predicted octanol–water partition coefficient (Wildman–Crippen LogP) is 3.98. The second-order valence-corrected chi connectivity index (χ2v) is 7.45. The zero-order valence-electron chi connectivity index (χ0n) is 16.4. The lowest BCUT2D eigenvalue weighted by molar-refractivity contribution is -0.116. The molecule has 4 aromatic rings. The highest BCUT2D eigenvalue weighted by Gasteiger charge is 2.16. The van der Waals surface area contributed by atoms with Gasteiger partial charge in [0.1, 0.15) is 17.9 Å². The zero-order chi connectivity index (χ0) is 21.8. The number of carbonyl (C=O) groups excluding carboxylic acids is 1. The van der Waals surface area contributed by atoms with Crippen molar-refractivity contribution in [3.05, 3.63) is 81.7 Å². The lowest BCUT2D eigenvalue weighted by Crippen LogP contribution is -2.28. The Labute approximate surface area is 185 Å². The molecule has 2 aromatic heterocycles. The third kappa shape index (κ3) is 4.56. The Bertz CT molecular complexity index is 1280. The van der Waals surface area contributed by atoms with Gasteiger partial charge in [0, 0.05) is 16.2 Å². The van der Waals surface area contributed by atoms with Crippen LogP contribution in [0, 0.1) is 0 Å². The maximum Gasteiger partial charge on any atom is 0.263 e. The van der Waals surface area contributed by atoms with Crippen molar-refractivity contribution in [3.8, 4) is 28.6 Å². The van der Waals surface area contributed by atoms with E-state index in [-0.39, 0.29) is 23.9 Å². The number of hydrogen-bond donors (Lipinski definition) is 1. The molecule has 0 bridgehead atoms. The van der Waals surface area contributed by atoms with Crippen LogP contribution in [0.1, 0.15) is 0 Å². The molecule has 0 saturated heterocycles. The van der Waals surface area contributed by atoms with E-state index in [1.807, 2.05) is 24.3 Å². The van der Waals surface area contributed by atoms with Crippen LogP contribution in [0.25, 0.3) is 22.8 Å². The molecule has 0 spiro atoms. The summed E-state index contributed by atoms with van der Waals surface area (Å²) >= 11 is 3.38. The van der Waals surface area contributed by atoms with Crippen LogP contribution in [-0.2, 0) is 11.3 Å². The molecule has 31 heavy (non-hydrogen) atoms. The molecule has 2 aromatic carbocycles. The van der Waals surface area contributed by atoms with Gasteiger partial charge in [-0.05, 0) is 48.5 Å². The number of anilines is 1. The average molecular weight is 481 g/mol. The standard InChI is InChI=1S/C22H17BrN4O4/c1-30-18-7-3-2-6-17(18)24-19(28)13-27-12-4-5-16(22(27)29)21-25-20(26-31-21)14-8-10-15(23)11-9-14/h2-12H,13H2,1H3,(H,24,28). The topological polar surface area (TPSA) is 99.2 Å². The summed E-state index contributed by atoms with van der Waals surface area (Å²) in [5.74, 6) is 0.613. The first-order valence-electron chi connectivity index (χ1n) is 9.27. The quantitative estimate of drug-likeness (QED) is 0.448. The highest BCUT2D eigenvalue weighted by molar-refractivity contribution is 9.10. The number of ether oxygens (including phenoxy) is 1. The lowest BCUT2D eigenvalue weighted by Gasteiger charge is -2.11. The molecule has 0 atom stereocenters. The Morgan fingerprint density at radius 2 is 1.90 bits per heavy atom. The number of benzene rings is 2. The van der Waals surface area contributed by atoms with Gasteiger partial charge < -0.3 is 19.1 Å². The first-order chi connectivity index (χ1) is 15.0. The zero-order valence-corrected chi connectivity index (χ0v) is 18.0. The molecule has 0 fully saturated rings. The van der Waals surface area contributed by atoms with Gasteiger partial charge in [-0.15, -0.1) is 0 Å². The van der Waals surface area contributed by atoms with Gasteiger partial charge in [-0.1, -0.05) is 33.2 Å².